The van der Waals surface area contributed by atoms with Gasteiger partial charge in [-0.2, -0.15) is 5.10 Å². The van der Waals surface area contributed by atoms with E-state index in [9.17, 15) is 9.90 Å². The van der Waals surface area contributed by atoms with Crippen LogP contribution >= 0.6 is 0 Å². The summed E-state index contributed by atoms with van der Waals surface area (Å²) in [5.41, 5.74) is 5.09. The molecule has 2 fully saturated rings. The van der Waals surface area contributed by atoms with E-state index in [0.29, 0.717) is 30.4 Å². The van der Waals surface area contributed by atoms with Crippen LogP contribution in [-0.2, 0) is 20.0 Å². The number of likely N-dealkylation sites (tertiary alicyclic amines) is 1. The second kappa shape index (κ2) is 12.4. The zero-order valence-electron chi connectivity index (χ0n) is 25.2. The molecule has 10 heteroatoms. The fourth-order valence-electron chi connectivity index (χ4n) is 6.90. The first-order valence-electron chi connectivity index (χ1n) is 15.7. The van der Waals surface area contributed by atoms with E-state index < -0.39 is 6.10 Å². The Morgan fingerprint density at radius 1 is 0.932 bits per heavy atom. The number of amides is 1. The number of aliphatic hydroxyl groups is 1. The number of aliphatic hydroxyl groups excluding tert-OH is 1. The predicted molar refractivity (Wildman–Crippen MR) is 170 cm³/mol. The van der Waals surface area contributed by atoms with Crippen LogP contribution in [0.1, 0.15) is 40.9 Å². The number of rotatable bonds is 6. The van der Waals surface area contributed by atoms with Crippen molar-refractivity contribution in [1.82, 2.24) is 29.5 Å². The molecule has 2 saturated heterocycles. The Hall–Kier alpha value is -4.28. The number of nitrogens with zero attached hydrogens (tertiary/aromatic N) is 7. The summed E-state index contributed by atoms with van der Waals surface area (Å²) >= 11 is 0. The molecule has 3 aliphatic heterocycles. The fourth-order valence-corrected chi connectivity index (χ4v) is 6.90. The third kappa shape index (κ3) is 6.05. The largest absolute Gasteiger partial charge is 0.390 e. The minimum Gasteiger partial charge on any atom is -0.390 e. The van der Waals surface area contributed by atoms with Crippen molar-refractivity contribution in [2.45, 2.75) is 50.4 Å². The van der Waals surface area contributed by atoms with Crippen LogP contribution < -0.4 is 10.2 Å². The Kier molecular flexibility index (Phi) is 8.01. The average Bonchev–Trinajstić information content (AvgIpc) is 3.51. The van der Waals surface area contributed by atoms with Crippen LogP contribution in [0.25, 0.3) is 11.4 Å². The molecule has 7 rings (SSSR count). The van der Waals surface area contributed by atoms with Gasteiger partial charge in [0.25, 0.3) is 5.91 Å². The SMILES string of the molecule is Cn1cc(N2CCC(Nc3cc(C(=O)N4CC[C@@H](N5CCc6ccccc6C5)[C@H](O)C4)nc(-c4ccccc4)n3)CC2)cn1. The van der Waals surface area contributed by atoms with Crippen LogP contribution in [0.15, 0.2) is 73.1 Å². The zero-order chi connectivity index (χ0) is 30.0. The molecule has 0 bridgehead atoms. The van der Waals surface area contributed by atoms with Gasteiger partial charge >= 0.3 is 0 Å². The van der Waals surface area contributed by atoms with E-state index in [1.807, 2.05) is 54.5 Å². The summed E-state index contributed by atoms with van der Waals surface area (Å²) in [6, 6.07) is 20.4. The van der Waals surface area contributed by atoms with Crippen LogP contribution in [0.5, 0.6) is 0 Å². The number of fused-ring (bicyclic) bond motifs is 1. The van der Waals surface area contributed by atoms with Crippen LogP contribution in [0.4, 0.5) is 11.5 Å². The lowest BCUT2D eigenvalue weighted by Gasteiger charge is -2.43. The molecule has 4 aromatic rings. The van der Waals surface area contributed by atoms with E-state index in [1.165, 1.54) is 11.1 Å². The maximum absolute atomic E-state index is 13.9. The normalized spacial score (nSPS) is 21.2. The third-order valence-corrected chi connectivity index (χ3v) is 9.34. The molecular weight excluding hydrogens is 552 g/mol. The van der Waals surface area contributed by atoms with E-state index in [0.717, 1.165) is 63.1 Å². The summed E-state index contributed by atoms with van der Waals surface area (Å²) in [5.74, 6) is 1.01. The van der Waals surface area contributed by atoms with Crippen molar-refractivity contribution in [2.24, 2.45) is 7.05 Å². The summed E-state index contributed by atoms with van der Waals surface area (Å²) in [6.07, 6.45) is 6.96. The van der Waals surface area contributed by atoms with E-state index >= 15 is 0 Å². The predicted octanol–water partition coefficient (Wildman–Crippen LogP) is 3.59. The second-order valence-corrected chi connectivity index (χ2v) is 12.3. The minimum atomic E-state index is -0.615. The molecule has 5 heterocycles. The van der Waals surface area contributed by atoms with Crippen molar-refractivity contribution >= 4 is 17.4 Å². The van der Waals surface area contributed by atoms with Gasteiger partial charge in [-0.3, -0.25) is 14.4 Å². The number of anilines is 2. The zero-order valence-corrected chi connectivity index (χ0v) is 25.2. The van der Waals surface area contributed by atoms with Crippen LogP contribution in [0.2, 0.25) is 0 Å². The standard InChI is InChI=1S/C34H40N8O2/c1-39-22-28(20-35-39)40-16-12-27(13-17-40)36-32-19-29(37-33(38-32)25-8-3-2-4-9-25)34(44)42-18-14-30(31(43)23-42)41-15-11-24-7-5-6-10-26(24)21-41/h2-10,19-20,22,27,30-31,43H,11-18,21,23H2,1H3,(H,36,37,38)/t30-,31-/m1/s1. The number of aromatic nitrogens is 4. The lowest BCUT2D eigenvalue weighted by atomic mass is 9.94. The van der Waals surface area contributed by atoms with Crippen molar-refractivity contribution in [3.63, 3.8) is 0 Å². The number of carbonyl (C=O) groups is 1. The number of hydrogen-bond acceptors (Lipinski definition) is 8. The molecule has 0 unspecified atom stereocenters. The highest BCUT2D eigenvalue weighted by Crippen LogP contribution is 2.27. The van der Waals surface area contributed by atoms with Gasteiger partial charge < -0.3 is 20.2 Å². The maximum Gasteiger partial charge on any atom is 0.272 e. The van der Waals surface area contributed by atoms with Gasteiger partial charge in [0.2, 0.25) is 0 Å². The monoisotopic (exact) mass is 592 g/mol. The summed E-state index contributed by atoms with van der Waals surface area (Å²) in [7, 11) is 1.94. The Morgan fingerprint density at radius 3 is 2.45 bits per heavy atom. The molecule has 228 valence electrons. The number of benzene rings is 2. The summed E-state index contributed by atoms with van der Waals surface area (Å²) in [6.45, 7) is 4.48. The van der Waals surface area contributed by atoms with E-state index in [-0.39, 0.29) is 18.0 Å². The molecule has 0 radical (unpaired) electrons. The first-order valence-corrected chi connectivity index (χ1v) is 15.7. The van der Waals surface area contributed by atoms with Crippen molar-refractivity contribution in [3.8, 4) is 11.4 Å². The average molecular weight is 593 g/mol. The third-order valence-electron chi connectivity index (χ3n) is 9.34. The summed E-state index contributed by atoms with van der Waals surface area (Å²) in [4.78, 5) is 30.0. The highest BCUT2D eigenvalue weighted by molar-refractivity contribution is 5.93. The smallest absolute Gasteiger partial charge is 0.272 e. The lowest BCUT2D eigenvalue weighted by Crippen LogP contribution is -2.56. The molecule has 10 nitrogen and oxygen atoms in total. The first-order chi connectivity index (χ1) is 21.5. The van der Waals surface area contributed by atoms with Crippen molar-refractivity contribution in [3.05, 3.63) is 89.9 Å². The number of nitrogens with one attached hydrogen (secondary N) is 1. The van der Waals surface area contributed by atoms with Crippen molar-refractivity contribution in [1.29, 1.82) is 0 Å². The van der Waals surface area contributed by atoms with Gasteiger partial charge in [0, 0.05) is 76.2 Å². The van der Waals surface area contributed by atoms with Gasteiger partial charge in [-0.15, -0.1) is 0 Å². The molecule has 1 amide bonds. The van der Waals surface area contributed by atoms with E-state index in [4.69, 9.17) is 9.97 Å². The van der Waals surface area contributed by atoms with Crippen molar-refractivity contribution < 1.29 is 9.90 Å². The highest BCUT2D eigenvalue weighted by atomic mass is 16.3. The van der Waals surface area contributed by atoms with Crippen molar-refractivity contribution in [2.75, 3.05) is 42.9 Å². The molecule has 2 aromatic carbocycles. The van der Waals surface area contributed by atoms with Gasteiger partial charge in [0.05, 0.1) is 18.0 Å². The maximum atomic E-state index is 13.9. The van der Waals surface area contributed by atoms with Crippen LogP contribution in [0, 0.1) is 0 Å². The molecule has 2 N–H and O–H groups in total. The summed E-state index contributed by atoms with van der Waals surface area (Å²) < 4.78 is 1.83. The number of piperidine rings is 2. The number of β-amino-alcohol motifs (C(OH)–C–C–N with tert-alkyl or cyclic N) is 1. The molecule has 2 aromatic heterocycles. The molecule has 44 heavy (non-hydrogen) atoms. The molecular formula is C34H40N8O2. The number of aryl methyl sites for hydroxylation is 1. The molecule has 2 atom stereocenters. The highest BCUT2D eigenvalue weighted by Gasteiger charge is 2.36. The van der Waals surface area contributed by atoms with Gasteiger partial charge in [-0.1, -0.05) is 54.6 Å². The van der Waals surface area contributed by atoms with Gasteiger partial charge in [-0.05, 0) is 36.8 Å². The first kappa shape index (κ1) is 28.5. The molecule has 0 aliphatic carbocycles. The van der Waals surface area contributed by atoms with E-state index in [1.54, 1.807) is 11.0 Å². The number of hydrogen-bond donors (Lipinski definition) is 2. The number of carbonyl (C=O) groups excluding carboxylic acids is 1. The lowest BCUT2D eigenvalue weighted by molar-refractivity contribution is -0.0139. The van der Waals surface area contributed by atoms with Gasteiger partial charge in [-0.25, -0.2) is 9.97 Å². The minimum absolute atomic E-state index is 0.0347. The topological polar surface area (TPSA) is 103 Å². The van der Waals surface area contributed by atoms with E-state index in [2.05, 4.69) is 44.5 Å². The van der Waals surface area contributed by atoms with Gasteiger partial charge in [0.1, 0.15) is 11.5 Å². The Labute approximate surface area is 258 Å². The molecule has 0 saturated carbocycles. The van der Waals surface area contributed by atoms with Gasteiger partial charge in [0.15, 0.2) is 5.82 Å². The van der Waals surface area contributed by atoms with Crippen LogP contribution in [-0.4, -0.2) is 91.5 Å². The quantitative estimate of drug-likeness (QED) is 0.350. The Balaban J connectivity index is 1.05. The second-order valence-electron chi connectivity index (χ2n) is 12.3. The Morgan fingerprint density at radius 2 is 1.70 bits per heavy atom. The molecule has 3 aliphatic rings. The fraction of sp³-hybridized carbons (Fsp3) is 0.412. The van der Waals surface area contributed by atoms with Crippen LogP contribution in [0.3, 0.4) is 0 Å². The summed E-state index contributed by atoms with van der Waals surface area (Å²) in [5, 5.41) is 19.2. The Bertz CT molecular complexity index is 1600. The molecule has 0 spiro atoms.